The lowest BCUT2D eigenvalue weighted by Crippen LogP contribution is -2.48. The van der Waals surface area contributed by atoms with E-state index in [-0.39, 0.29) is 23.9 Å². The maximum absolute atomic E-state index is 12.7. The molecule has 1 saturated heterocycles. The molecule has 1 aliphatic heterocycles. The topological polar surface area (TPSA) is 103 Å². The lowest BCUT2D eigenvalue weighted by atomic mass is 9.93. The summed E-state index contributed by atoms with van der Waals surface area (Å²) in [6.45, 7) is 5.77. The predicted octanol–water partition coefficient (Wildman–Crippen LogP) is 4.16. The van der Waals surface area contributed by atoms with Crippen LogP contribution in [0.15, 0.2) is 24.3 Å². The summed E-state index contributed by atoms with van der Waals surface area (Å²) in [5, 5.41) is 11.7. The minimum absolute atomic E-state index is 0.0839. The van der Waals surface area contributed by atoms with E-state index in [9.17, 15) is 14.4 Å². The monoisotopic (exact) mass is 443 g/mol. The van der Waals surface area contributed by atoms with Gasteiger partial charge in [0.15, 0.2) is 0 Å². The van der Waals surface area contributed by atoms with Gasteiger partial charge in [0.1, 0.15) is 0 Å². The first-order chi connectivity index (χ1) is 15.4. The predicted molar refractivity (Wildman–Crippen MR) is 127 cm³/mol. The van der Waals surface area contributed by atoms with Crippen molar-refractivity contribution in [1.29, 1.82) is 0 Å². The van der Waals surface area contributed by atoms with E-state index in [1.165, 1.54) is 19.3 Å². The number of likely N-dealkylation sites (tertiary alicyclic amines) is 1. The van der Waals surface area contributed by atoms with Crippen molar-refractivity contribution in [1.82, 2.24) is 15.5 Å². The molecular weight excluding hydrogens is 406 g/mol. The summed E-state index contributed by atoms with van der Waals surface area (Å²) in [4.78, 5) is 39.0. The average molecular weight is 444 g/mol. The molecule has 1 aromatic carbocycles. The SMILES string of the molecule is CC(C)CNC(=O)Nc1ccc(NC(=O)N2CCC[C@H](C(=O)NC3CCCCC3)C2)cc1. The van der Waals surface area contributed by atoms with Crippen LogP contribution in [0, 0.1) is 11.8 Å². The standard InChI is InChI=1S/C24H37N5O3/c1-17(2)15-25-23(31)27-20-10-12-21(13-11-20)28-24(32)29-14-6-7-18(16-29)22(30)26-19-8-4-3-5-9-19/h10-13,17-19H,3-9,14-16H2,1-2H3,(H,26,30)(H,28,32)(H2,25,27,31)/t18-/m0/s1. The van der Waals surface area contributed by atoms with Gasteiger partial charge in [-0.05, 0) is 55.9 Å². The minimum Gasteiger partial charge on any atom is -0.353 e. The van der Waals surface area contributed by atoms with Gasteiger partial charge in [-0.2, -0.15) is 0 Å². The highest BCUT2D eigenvalue weighted by Crippen LogP contribution is 2.22. The molecule has 4 N–H and O–H groups in total. The first kappa shape index (κ1) is 23.9. The van der Waals surface area contributed by atoms with Crippen LogP contribution in [0.2, 0.25) is 0 Å². The third-order valence-electron chi connectivity index (χ3n) is 6.10. The number of piperidine rings is 1. The molecule has 8 nitrogen and oxygen atoms in total. The van der Waals surface area contributed by atoms with Crippen LogP contribution in [-0.4, -0.2) is 48.5 Å². The van der Waals surface area contributed by atoms with E-state index in [0.29, 0.717) is 43.0 Å². The molecular formula is C24H37N5O3. The van der Waals surface area contributed by atoms with Crippen molar-refractivity contribution in [2.24, 2.45) is 11.8 Å². The molecule has 0 aromatic heterocycles. The van der Waals surface area contributed by atoms with Crippen molar-refractivity contribution >= 4 is 29.3 Å². The van der Waals surface area contributed by atoms with Gasteiger partial charge in [0.2, 0.25) is 5.91 Å². The van der Waals surface area contributed by atoms with Gasteiger partial charge in [-0.1, -0.05) is 33.1 Å². The maximum Gasteiger partial charge on any atom is 0.321 e. The fraction of sp³-hybridized carbons (Fsp3) is 0.625. The number of hydrogen-bond donors (Lipinski definition) is 4. The number of rotatable bonds is 6. The molecule has 176 valence electrons. The van der Waals surface area contributed by atoms with E-state index in [2.05, 4.69) is 21.3 Å². The van der Waals surface area contributed by atoms with Gasteiger partial charge in [-0.25, -0.2) is 9.59 Å². The summed E-state index contributed by atoms with van der Waals surface area (Å²) in [6, 6.07) is 6.86. The number of nitrogens with zero attached hydrogens (tertiary/aromatic N) is 1. The molecule has 1 aliphatic carbocycles. The second-order valence-electron chi connectivity index (χ2n) is 9.37. The molecule has 0 bridgehead atoms. The van der Waals surface area contributed by atoms with Crippen LogP contribution in [0.3, 0.4) is 0 Å². The van der Waals surface area contributed by atoms with Crippen molar-refractivity contribution in [2.75, 3.05) is 30.3 Å². The third-order valence-corrected chi connectivity index (χ3v) is 6.10. The van der Waals surface area contributed by atoms with Crippen LogP contribution in [0.1, 0.15) is 58.8 Å². The molecule has 0 radical (unpaired) electrons. The molecule has 32 heavy (non-hydrogen) atoms. The van der Waals surface area contributed by atoms with Gasteiger partial charge in [-0.3, -0.25) is 4.79 Å². The average Bonchev–Trinajstić information content (AvgIpc) is 2.79. The molecule has 2 aliphatic rings. The summed E-state index contributed by atoms with van der Waals surface area (Å²) < 4.78 is 0. The van der Waals surface area contributed by atoms with E-state index in [4.69, 9.17) is 0 Å². The van der Waals surface area contributed by atoms with Gasteiger partial charge in [0.25, 0.3) is 0 Å². The molecule has 1 atom stereocenters. The molecule has 1 heterocycles. The highest BCUT2D eigenvalue weighted by Gasteiger charge is 2.29. The summed E-state index contributed by atoms with van der Waals surface area (Å²) >= 11 is 0. The van der Waals surface area contributed by atoms with Crippen LogP contribution in [0.4, 0.5) is 21.0 Å². The molecule has 0 unspecified atom stereocenters. The van der Waals surface area contributed by atoms with E-state index in [1.807, 2.05) is 13.8 Å². The van der Waals surface area contributed by atoms with E-state index >= 15 is 0 Å². The van der Waals surface area contributed by atoms with Crippen LogP contribution < -0.4 is 21.3 Å². The maximum atomic E-state index is 12.7. The van der Waals surface area contributed by atoms with Crippen molar-refractivity contribution in [3.8, 4) is 0 Å². The Bertz CT molecular complexity index is 774. The lowest BCUT2D eigenvalue weighted by Gasteiger charge is -2.33. The molecule has 1 saturated carbocycles. The second-order valence-corrected chi connectivity index (χ2v) is 9.37. The van der Waals surface area contributed by atoms with Gasteiger partial charge in [-0.15, -0.1) is 0 Å². The Hall–Kier alpha value is -2.77. The molecule has 2 fully saturated rings. The van der Waals surface area contributed by atoms with Gasteiger partial charge < -0.3 is 26.2 Å². The van der Waals surface area contributed by atoms with Gasteiger partial charge in [0.05, 0.1) is 5.92 Å². The molecule has 8 heteroatoms. The lowest BCUT2D eigenvalue weighted by molar-refractivity contribution is -0.127. The Morgan fingerprint density at radius 3 is 2.25 bits per heavy atom. The Morgan fingerprint density at radius 2 is 1.59 bits per heavy atom. The zero-order valence-electron chi connectivity index (χ0n) is 19.3. The zero-order valence-corrected chi connectivity index (χ0v) is 19.3. The highest BCUT2D eigenvalue weighted by atomic mass is 16.2. The van der Waals surface area contributed by atoms with Crippen LogP contribution >= 0.6 is 0 Å². The van der Waals surface area contributed by atoms with Crippen LogP contribution in [0.25, 0.3) is 0 Å². The van der Waals surface area contributed by atoms with E-state index in [0.717, 1.165) is 25.7 Å². The summed E-state index contributed by atoms with van der Waals surface area (Å²) in [5.74, 6) is 0.319. The smallest absolute Gasteiger partial charge is 0.321 e. The molecule has 5 amide bonds. The molecule has 1 aromatic rings. The Morgan fingerprint density at radius 1 is 0.938 bits per heavy atom. The Labute approximate surface area is 190 Å². The fourth-order valence-electron chi connectivity index (χ4n) is 4.25. The minimum atomic E-state index is -0.249. The summed E-state index contributed by atoms with van der Waals surface area (Å²) in [7, 11) is 0. The van der Waals surface area contributed by atoms with Crippen molar-refractivity contribution in [2.45, 2.75) is 64.8 Å². The Kier molecular flexibility index (Phi) is 8.76. The first-order valence-corrected chi connectivity index (χ1v) is 11.9. The zero-order chi connectivity index (χ0) is 22.9. The summed E-state index contributed by atoms with van der Waals surface area (Å²) in [5.41, 5.74) is 1.30. The number of anilines is 2. The van der Waals surface area contributed by atoms with Crippen LogP contribution in [0.5, 0.6) is 0 Å². The molecule has 3 rings (SSSR count). The molecule has 0 spiro atoms. The van der Waals surface area contributed by atoms with Crippen molar-refractivity contribution < 1.29 is 14.4 Å². The van der Waals surface area contributed by atoms with Crippen LogP contribution in [-0.2, 0) is 4.79 Å². The summed E-state index contributed by atoms with van der Waals surface area (Å²) in [6.07, 6.45) is 7.39. The first-order valence-electron chi connectivity index (χ1n) is 11.9. The highest BCUT2D eigenvalue weighted by molar-refractivity contribution is 5.92. The third kappa shape index (κ3) is 7.43. The van der Waals surface area contributed by atoms with Crippen molar-refractivity contribution in [3.05, 3.63) is 24.3 Å². The second kappa shape index (κ2) is 11.7. The van der Waals surface area contributed by atoms with Gasteiger partial charge in [0, 0.05) is 37.1 Å². The number of carbonyl (C=O) groups excluding carboxylic acids is 3. The largest absolute Gasteiger partial charge is 0.353 e. The number of amides is 5. The number of hydrogen-bond acceptors (Lipinski definition) is 3. The number of nitrogens with one attached hydrogen (secondary N) is 4. The number of carbonyl (C=O) groups is 3. The normalized spacial score (nSPS) is 19.3. The van der Waals surface area contributed by atoms with E-state index in [1.54, 1.807) is 29.2 Å². The van der Waals surface area contributed by atoms with Crippen molar-refractivity contribution in [3.63, 3.8) is 0 Å². The fourth-order valence-corrected chi connectivity index (χ4v) is 4.25. The quantitative estimate of drug-likeness (QED) is 0.531. The van der Waals surface area contributed by atoms with E-state index < -0.39 is 0 Å². The number of urea groups is 2. The Balaban J connectivity index is 1.46. The van der Waals surface area contributed by atoms with Gasteiger partial charge >= 0.3 is 12.1 Å². The number of benzene rings is 1.